The summed E-state index contributed by atoms with van der Waals surface area (Å²) in [6.07, 6.45) is 11.1. The van der Waals surface area contributed by atoms with Gasteiger partial charge in [-0.25, -0.2) is 4.98 Å². The number of nitrogens with one attached hydrogen (secondary N) is 1. The summed E-state index contributed by atoms with van der Waals surface area (Å²) in [5.74, 6) is 3.92. The number of hydrogen-bond acceptors (Lipinski definition) is 2. The van der Waals surface area contributed by atoms with E-state index in [2.05, 4.69) is 21.9 Å². The molecule has 0 radical (unpaired) electrons. The van der Waals surface area contributed by atoms with Crippen molar-refractivity contribution in [3.8, 4) is 12.3 Å². The molecule has 1 heterocycles. The number of imidazole rings is 1. The van der Waals surface area contributed by atoms with Crippen LogP contribution in [0.3, 0.4) is 0 Å². The first-order valence-corrected chi connectivity index (χ1v) is 8.40. The minimum Gasteiger partial charge on any atom is -0.356 e. The van der Waals surface area contributed by atoms with Crippen LogP contribution >= 0.6 is 0 Å². The maximum Gasteiger partial charge on any atom is 0.219 e. The van der Waals surface area contributed by atoms with Crippen molar-refractivity contribution < 1.29 is 4.79 Å². The zero-order valence-corrected chi connectivity index (χ0v) is 13.8. The van der Waals surface area contributed by atoms with Crippen molar-refractivity contribution in [1.82, 2.24) is 14.9 Å². The van der Waals surface area contributed by atoms with Crippen LogP contribution in [0.2, 0.25) is 0 Å². The molecule has 2 aromatic rings. The van der Waals surface area contributed by atoms with Crippen LogP contribution in [0, 0.1) is 12.3 Å². The van der Waals surface area contributed by atoms with Crippen LogP contribution in [0.4, 0.5) is 0 Å². The topological polar surface area (TPSA) is 46.9 Å². The summed E-state index contributed by atoms with van der Waals surface area (Å²) >= 11 is 0. The molecule has 122 valence electrons. The molecule has 0 fully saturated rings. The summed E-state index contributed by atoms with van der Waals surface area (Å²) in [5, 5.41) is 2.95. The minimum absolute atomic E-state index is 0.156. The Bertz CT molecular complexity index is 681. The lowest BCUT2D eigenvalue weighted by Gasteiger charge is -2.06. The molecule has 4 heteroatoms. The third-order valence-electron chi connectivity index (χ3n) is 3.86. The van der Waals surface area contributed by atoms with E-state index < -0.39 is 0 Å². The highest BCUT2D eigenvalue weighted by Gasteiger charge is 2.09. The fourth-order valence-electron chi connectivity index (χ4n) is 2.71. The summed E-state index contributed by atoms with van der Waals surface area (Å²) < 4.78 is 2.12. The van der Waals surface area contributed by atoms with Crippen LogP contribution in [0.15, 0.2) is 24.3 Å². The fourth-order valence-corrected chi connectivity index (χ4v) is 2.71. The molecule has 0 aliphatic heterocycles. The first kappa shape index (κ1) is 17.1. The highest BCUT2D eigenvalue weighted by molar-refractivity contribution is 5.76. The molecule has 0 aliphatic rings. The Kier molecular flexibility index (Phi) is 6.68. The monoisotopic (exact) mass is 311 g/mol. The van der Waals surface area contributed by atoms with Crippen molar-refractivity contribution in [1.29, 1.82) is 0 Å². The predicted molar refractivity (Wildman–Crippen MR) is 94.0 cm³/mol. The molecular formula is C19H25N3O. The number of rotatable bonds is 9. The van der Waals surface area contributed by atoms with Crippen LogP contribution in [0.5, 0.6) is 0 Å². The SMILES string of the molecule is C#CCn1c(CCCCCNC(=O)CCC)nc2ccccc21. The lowest BCUT2D eigenvalue weighted by atomic mass is 10.2. The molecule has 1 amide bonds. The van der Waals surface area contributed by atoms with Crippen LogP contribution < -0.4 is 5.32 Å². The second-order valence-corrected chi connectivity index (χ2v) is 5.72. The maximum atomic E-state index is 11.4. The number of carbonyl (C=O) groups is 1. The van der Waals surface area contributed by atoms with Gasteiger partial charge in [0.25, 0.3) is 0 Å². The number of unbranched alkanes of at least 4 members (excludes halogenated alkanes) is 2. The Hall–Kier alpha value is -2.28. The molecular weight excluding hydrogens is 286 g/mol. The third-order valence-corrected chi connectivity index (χ3v) is 3.86. The van der Waals surface area contributed by atoms with Crippen molar-refractivity contribution in [2.24, 2.45) is 0 Å². The van der Waals surface area contributed by atoms with E-state index in [9.17, 15) is 4.79 Å². The summed E-state index contributed by atoms with van der Waals surface area (Å²) in [7, 11) is 0. The zero-order chi connectivity index (χ0) is 16.5. The number of fused-ring (bicyclic) bond motifs is 1. The molecule has 0 atom stereocenters. The van der Waals surface area contributed by atoms with Crippen molar-refractivity contribution in [3.05, 3.63) is 30.1 Å². The Morgan fingerprint density at radius 2 is 2.13 bits per heavy atom. The summed E-state index contributed by atoms with van der Waals surface area (Å²) in [6.45, 7) is 3.34. The molecule has 0 spiro atoms. The number of hydrogen-bond donors (Lipinski definition) is 1. The Labute approximate surface area is 138 Å². The van der Waals surface area contributed by atoms with Crippen molar-refractivity contribution in [2.75, 3.05) is 6.54 Å². The normalized spacial score (nSPS) is 10.6. The Morgan fingerprint density at radius 3 is 2.91 bits per heavy atom. The first-order valence-electron chi connectivity index (χ1n) is 8.40. The van der Waals surface area contributed by atoms with Crippen molar-refractivity contribution in [3.63, 3.8) is 0 Å². The predicted octanol–water partition coefficient (Wildman–Crippen LogP) is 3.30. The first-order chi connectivity index (χ1) is 11.3. The van der Waals surface area contributed by atoms with Gasteiger partial charge in [0.2, 0.25) is 5.91 Å². The van der Waals surface area contributed by atoms with E-state index >= 15 is 0 Å². The number of carbonyl (C=O) groups excluding carboxylic acids is 1. The lowest BCUT2D eigenvalue weighted by molar-refractivity contribution is -0.121. The van der Waals surface area contributed by atoms with Gasteiger partial charge in [-0.05, 0) is 31.4 Å². The second kappa shape index (κ2) is 8.99. The van der Waals surface area contributed by atoms with E-state index in [0.717, 1.165) is 55.5 Å². The van der Waals surface area contributed by atoms with E-state index in [4.69, 9.17) is 11.4 Å². The number of para-hydroxylation sites is 2. The number of nitrogens with zero attached hydrogens (tertiary/aromatic N) is 2. The highest BCUT2D eigenvalue weighted by Crippen LogP contribution is 2.17. The average molecular weight is 311 g/mol. The van der Waals surface area contributed by atoms with Gasteiger partial charge in [0.15, 0.2) is 0 Å². The molecule has 0 unspecified atom stereocenters. The average Bonchev–Trinajstić information content (AvgIpc) is 2.89. The summed E-state index contributed by atoms with van der Waals surface area (Å²) in [6, 6.07) is 8.10. The van der Waals surface area contributed by atoms with E-state index in [1.807, 2.05) is 25.1 Å². The van der Waals surface area contributed by atoms with Gasteiger partial charge < -0.3 is 9.88 Å². The van der Waals surface area contributed by atoms with Crippen LogP contribution in [0.25, 0.3) is 11.0 Å². The second-order valence-electron chi connectivity index (χ2n) is 5.72. The Balaban J connectivity index is 1.82. The number of terminal acetylenes is 1. The van der Waals surface area contributed by atoms with E-state index in [0.29, 0.717) is 13.0 Å². The maximum absolute atomic E-state index is 11.4. The number of aromatic nitrogens is 2. The standard InChI is InChI=1S/C19H25N3O/c1-3-10-19(23)20-14-9-5-6-13-18-21-16-11-7-8-12-17(16)22(18)15-4-2/h2,7-8,11-12H,3,5-6,9-10,13-15H2,1H3,(H,20,23). The molecule has 0 saturated carbocycles. The van der Waals surface area contributed by atoms with Crippen LogP contribution in [0.1, 0.15) is 44.9 Å². The van der Waals surface area contributed by atoms with E-state index in [1.54, 1.807) is 0 Å². The molecule has 0 bridgehead atoms. The van der Waals surface area contributed by atoms with Gasteiger partial charge >= 0.3 is 0 Å². The van der Waals surface area contributed by atoms with Crippen LogP contribution in [-0.4, -0.2) is 22.0 Å². The molecule has 1 aromatic heterocycles. The highest BCUT2D eigenvalue weighted by atomic mass is 16.1. The van der Waals surface area contributed by atoms with Crippen molar-refractivity contribution >= 4 is 16.9 Å². The molecule has 4 nitrogen and oxygen atoms in total. The van der Waals surface area contributed by atoms with Gasteiger partial charge in [0.05, 0.1) is 17.6 Å². The van der Waals surface area contributed by atoms with Gasteiger partial charge in [-0.1, -0.05) is 31.4 Å². The third kappa shape index (κ3) is 4.85. The molecule has 23 heavy (non-hydrogen) atoms. The lowest BCUT2D eigenvalue weighted by Crippen LogP contribution is -2.23. The summed E-state index contributed by atoms with van der Waals surface area (Å²) in [4.78, 5) is 16.1. The van der Waals surface area contributed by atoms with E-state index in [1.165, 1.54) is 0 Å². The fraction of sp³-hybridized carbons (Fsp3) is 0.474. The van der Waals surface area contributed by atoms with Gasteiger partial charge in [0.1, 0.15) is 5.82 Å². The zero-order valence-electron chi connectivity index (χ0n) is 13.8. The molecule has 1 N–H and O–H groups in total. The quantitative estimate of drug-likeness (QED) is 0.570. The van der Waals surface area contributed by atoms with Gasteiger partial charge in [-0.2, -0.15) is 0 Å². The van der Waals surface area contributed by atoms with Gasteiger partial charge in [0, 0.05) is 19.4 Å². The molecule has 0 saturated heterocycles. The number of benzene rings is 1. The molecule has 1 aromatic carbocycles. The summed E-state index contributed by atoms with van der Waals surface area (Å²) in [5.41, 5.74) is 2.11. The number of amides is 1. The van der Waals surface area contributed by atoms with E-state index in [-0.39, 0.29) is 5.91 Å². The molecule has 0 aliphatic carbocycles. The van der Waals surface area contributed by atoms with Gasteiger partial charge in [-0.3, -0.25) is 4.79 Å². The smallest absolute Gasteiger partial charge is 0.219 e. The minimum atomic E-state index is 0.156. The van der Waals surface area contributed by atoms with Gasteiger partial charge in [-0.15, -0.1) is 6.42 Å². The largest absolute Gasteiger partial charge is 0.356 e. The number of aryl methyl sites for hydroxylation is 1. The van der Waals surface area contributed by atoms with Crippen LogP contribution in [-0.2, 0) is 17.8 Å². The Morgan fingerprint density at radius 1 is 1.30 bits per heavy atom. The molecule has 2 rings (SSSR count). The van der Waals surface area contributed by atoms with Crippen molar-refractivity contribution in [2.45, 2.75) is 52.0 Å².